The van der Waals surface area contributed by atoms with E-state index in [1.165, 1.54) is 9.80 Å². The van der Waals surface area contributed by atoms with Gasteiger partial charge < -0.3 is 4.98 Å². The van der Waals surface area contributed by atoms with Crippen LogP contribution >= 0.6 is 0 Å². The normalized spacial score (nSPS) is 40.3. The molecule has 24 heavy (non-hydrogen) atoms. The summed E-state index contributed by atoms with van der Waals surface area (Å²) in [6.07, 6.45) is 1.99. The van der Waals surface area contributed by atoms with Crippen LogP contribution in [0.4, 0.5) is 0 Å². The summed E-state index contributed by atoms with van der Waals surface area (Å²) in [6, 6.07) is 0. The van der Waals surface area contributed by atoms with Crippen molar-refractivity contribution in [2.45, 2.75) is 39.8 Å². The van der Waals surface area contributed by atoms with E-state index in [9.17, 15) is 14.4 Å². The van der Waals surface area contributed by atoms with Crippen molar-refractivity contribution in [1.29, 1.82) is 0 Å². The number of nitrogens with one attached hydrogen (secondary N) is 4. The van der Waals surface area contributed by atoms with E-state index in [0.29, 0.717) is 11.3 Å². The summed E-state index contributed by atoms with van der Waals surface area (Å²) in [4.78, 5) is 44.8. The van der Waals surface area contributed by atoms with Gasteiger partial charge in [0, 0.05) is 5.56 Å². The van der Waals surface area contributed by atoms with Gasteiger partial charge in [0.2, 0.25) is 0 Å². The maximum atomic E-state index is 13.1. The van der Waals surface area contributed by atoms with Crippen LogP contribution in [0.3, 0.4) is 0 Å². The number of aromatic nitrogens is 2. The number of ketones is 1. The minimum absolute atomic E-state index is 0.0474. The summed E-state index contributed by atoms with van der Waals surface area (Å²) in [5.41, 5.74) is 0.0811. The Balaban J connectivity index is 1.80. The number of aromatic amines is 2. The first-order valence-electron chi connectivity index (χ1n) is 8.87. The first kappa shape index (κ1) is 15.8. The summed E-state index contributed by atoms with van der Waals surface area (Å²) in [5, 5.41) is 0. The van der Waals surface area contributed by atoms with Crippen LogP contribution in [-0.2, 0) is 4.79 Å². The highest BCUT2D eigenvalue weighted by Gasteiger charge is 2.69. The number of carbonyl (C=O) groups excluding carboxylic acids is 1. The molecule has 130 valence electrons. The quantitative estimate of drug-likeness (QED) is 0.494. The van der Waals surface area contributed by atoms with Crippen LogP contribution < -0.4 is 21.0 Å². The zero-order chi connectivity index (χ0) is 17.3. The van der Waals surface area contributed by atoms with Crippen LogP contribution in [0.15, 0.2) is 9.59 Å². The third-order valence-electron chi connectivity index (χ3n) is 6.45. The van der Waals surface area contributed by atoms with Gasteiger partial charge in [-0.05, 0) is 20.3 Å². The van der Waals surface area contributed by atoms with E-state index in [4.69, 9.17) is 0 Å². The molecule has 2 unspecified atom stereocenters. The molecule has 7 nitrogen and oxygen atoms in total. The Hall–Kier alpha value is -1.73. The van der Waals surface area contributed by atoms with Crippen molar-refractivity contribution < 1.29 is 14.6 Å². The summed E-state index contributed by atoms with van der Waals surface area (Å²) >= 11 is 0. The summed E-state index contributed by atoms with van der Waals surface area (Å²) < 4.78 is 0. The van der Waals surface area contributed by atoms with Gasteiger partial charge in [-0.2, -0.15) is 0 Å². The highest BCUT2D eigenvalue weighted by atomic mass is 16.2. The molecule has 2 atom stereocenters. The molecule has 1 aromatic rings. The van der Waals surface area contributed by atoms with Gasteiger partial charge in [0.15, 0.2) is 5.78 Å². The molecular formula is C17H26N4O3+2. The molecule has 5 heterocycles. The lowest BCUT2D eigenvalue weighted by Crippen LogP contribution is -3.41. The molecule has 4 bridgehead atoms. The third kappa shape index (κ3) is 1.94. The fourth-order valence-electron chi connectivity index (χ4n) is 5.81. The zero-order valence-electron chi connectivity index (χ0n) is 14.5. The molecule has 7 heteroatoms. The lowest BCUT2D eigenvalue weighted by molar-refractivity contribution is -1.18. The van der Waals surface area contributed by atoms with Gasteiger partial charge in [-0.15, -0.1) is 0 Å². The topological polar surface area (TPSA) is 91.7 Å². The minimum Gasteiger partial charge on any atom is -0.300 e. The van der Waals surface area contributed by atoms with Gasteiger partial charge in [0.1, 0.15) is 42.7 Å². The summed E-state index contributed by atoms with van der Waals surface area (Å²) in [7, 11) is 0. The van der Waals surface area contributed by atoms with E-state index < -0.39 is 5.69 Å². The standard InChI is InChI=1S/C17H24N4O3/c1-4-5-17-8-20-6-16(3,14(17)23)7-21(9-17)13(20)11-10(2)12(22)19-15(24)18-11/h13H,4-9H2,1-3H3,(H2,18,19,22,24)/p+2. The maximum Gasteiger partial charge on any atom is 0.326 e. The number of H-pyrrole nitrogens is 2. The molecule has 0 saturated carbocycles. The van der Waals surface area contributed by atoms with Crippen molar-refractivity contribution in [3.63, 3.8) is 0 Å². The molecular weight excluding hydrogens is 308 g/mol. The second kappa shape index (κ2) is 4.89. The minimum atomic E-state index is -0.443. The Morgan fingerprint density at radius 3 is 2.29 bits per heavy atom. The van der Waals surface area contributed by atoms with Gasteiger partial charge in [0.05, 0.1) is 0 Å². The van der Waals surface area contributed by atoms with E-state index >= 15 is 0 Å². The number of hydrogen-bond donors (Lipinski definition) is 4. The Morgan fingerprint density at radius 2 is 1.71 bits per heavy atom. The number of hydrogen-bond acceptors (Lipinski definition) is 3. The van der Waals surface area contributed by atoms with Gasteiger partial charge in [-0.1, -0.05) is 13.3 Å². The van der Waals surface area contributed by atoms with Crippen LogP contribution in [0.2, 0.25) is 0 Å². The second-order valence-corrected chi connectivity index (χ2v) is 8.32. The van der Waals surface area contributed by atoms with Gasteiger partial charge in [-0.3, -0.25) is 24.4 Å². The van der Waals surface area contributed by atoms with Crippen molar-refractivity contribution >= 4 is 5.78 Å². The Bertz CT molecular complexity index is 808. The fourth-order valence-corrected chi connectivity index (χ4v) is 5.81. The average Bonchev–Trinajstić information content (AvgIpc) is 2.48. The van der Waals surface area contributed by atoms with Crippen LogP contribution in [0, 0.1) is 17.8 Å². The molecule has 0 radical (unpaired) electrons. The van der Waals surface area contributed by atoms with E-state index in [1.54, 1.807) is 6.92 Å². The van der Waals surface area contributed by atoms with Crippen molar-refractivity contribution in [3.05, 3.63) is 32.1 Å². The molecule has 0 spiro atoms. The predicted octanol–water partition coefficient (Wildman–Crippen LogP) is -2.46. The highest BCUT2D eigenvalue weighted by Crippen LogP contribution is 2.39. The van der Waals surface area contributed by atoms with Crippen LogP contribution in [-0.4, -0.2) is 41.9 Å². The van der Waals surface area contributed by atoms with Crippen LogP contribution in [0.1, 0.15) is 44.1 Å². The van der Waals surface area contributed by atoms with E-state index in [-0.39, 0.29) is 22.6 Å². The van der Waals surface area contributed by atoms with Crippen LogP contribution in [0.25, 0.3) is 0 Å². The SMILES string of the molecule is CCCC12C[NH+]3CC(C)(C[NH+](C1)C3c1[nH]c(=O)[nH]c(=O)c1C)C2=O. The van der Waals surface area contributed by atoms with Gasteiger partial charge >= 0.3 is 5.69 Å². The molecule has 0 aromatic carbocycles. The summed E-state index contributed by atoms with van der Waals surface area (Å²) in [5.74, 6) is 0.443. The van der Waals surface area contributed by atoms with Crippen molar-refractivity contribution in [3.8, 4) is 0 Å². The second-order valence-electron chi connectivity index (χ2n) is 8.32. The first-order valence-corrected chi connectivity index (χ1v) is 8.87. The van der Waals surface area contributed by atoms with Gasteiger partial charge in [0.25, 0.3) is 11.7 Å². The number of carbonyl (C=O) groups is 1. The van der Waals surface area contributed by atoms with E-state index in [1.807, 2.05) is 0 Å². The molecule has 0 aliphatic carbocycles. The molecule has 5 rings (SSSR count). The van der Waals surface area contributed by atoms with Crippen molar-refractivity contribution in [1.82, 2.24) is 9.97 Å². The lowest BCUT2D eigenvalue weighted by Gasteiger charge is -2.59. The third-order valence-corrected chi connectivity index (χ3v) is 6.45. The molecule has 4 aliphatic rings. The predicted molar refractivity (Wildman–Crippen MR) is 87.0 cm³/mol. The smallest absolute Gasteiger partial charge is 0.300 e. The molecule has 4 aliphatic heterocycles. The highest BCUT2D eigenvalue weighted by molar-refractivity contribution is 5.91. The first-order chi connectivity index (χ1) is 11.3. The van der Waals surface area contributed by atoms with E-state index in [2.05, 4.69) is 23.8 Å². The maximum absolute atomic E-state index is 13.1. The molecule has 4 saturated heterocycles. The number of rotatable bonds is 3. The van der Waals surface area contributed by atoms with Gasteiger partial charge in [-0.25, -0.2) is 4.79 Å². The molecule has 1 aromatic heterocycles. The molecule has 4 N–H and O–H groups in total. The zero-order valence-corrected chi connectivity index (χ0v) is 14.5. The molecule has 4 fully saturated rings. The number of Topliss-reactive ketones (excluding diaryl/α,β-unsaturated/α-hetero) is 1. The van der Waals surface area contributed by atoms with E-state index in [0.717, 1.165) is 44.7 Å². The average molecular weight is 334 g/mol. The van der Waals surface area contributed by atoms with Crippen molar-refractivity contribution in [2.24, 2.45) is 10.8 Å². The number of quaternary nitrogens is 2. The monoisotopic (exact) mass is 334 g/mol. The van der Waals surface area contributed by atoms with Crippen LogP contribution in [0.5, 0.6) is 0 Å². The Kier molecular flexibility index (Phi) is 3.22. The lowest BCUT2D eigenvalue weighted by atomic mass is 9.59. The Morgan fingerprint density at radius 1 is 1.08 bits per heavy atom. The largest absolute Gasteiger partial charge is 0.326 e. The number of piperidine rings is 2. The fraction of sp³-hybridized carbons (Fsp3) is 0.706. The summed E-state index contributed by atoms with van der Waals surface area (Å²) in [6.45, 7) is 9.22. The molecule has 0 amide bonds. The van der Waals surface area contributed by atoms with Crippen molar-refractivity contribution in [2.75, 3.05) is 26.2 Å². The Labute approximate surface area is 140 Å².